The highest BCUT2D eigenvalue weighted by atomic mass is 16.5. The second-order valence-corrected chi connectivity index (χ2v) is 5.71. The van der Waals surface area contributed by atoms with E-state index in [4.69, 9.17) is 16.2 Å². The van der Waals surface area contributed by atoms with Crippen LogP contribution < -0.4 is 16.2 Å². The molecule has 0 atom stereocenters. The van der Waals surface area contributed by atoms with Crippen LogP contribution in [0.2, 0.25) is 0 Å². The van der Waals surface area contributed by atoms with Crippen molar-refractivity contribution in [3.8, 4) is 5.75 Å². The van der Waals surface area contributed by atoms with Gasteiger partial charge in [-0.15, -0.1) is 0 Å². The Hall–Kier alpha value is -2.82. The highest BCUT2D eigenvalue weighted by Crippen LogP contribution is 2.18. The van der Waals surface area contributed by atoms with Crippen LogP contribution in [0.4, 0.5) is 5.69 Å². The average Bonchev–Trinajstić information content (AvgIpc) is 2.49. The van der Waals surface area contributed by atoms with Gasteiger partial charge in [-0.3, -0.25) is 0 Å². The summed E-state index contributed by atoms with van der Waals surface area (Å²) in [5, 5.41) is 0. The molecule has 5 heteroatoms. The molecule has 0 saturated carbocycles. The van der Waals surface area contributed by atoms with Gasteiger partial charge >= 0.3 is 5.97 Å². The Kier molecular flexibility index (Phi) is 5.36. The number of guanidine groups is 1. The fourth-order valence-electron chi connectivity index (χ4n) is 2.15. The van der Waals surface area contributed by atoms with Crippen LogP contribution in [-0.2, 0) is 6.42 Å². The van der Waals surface area contributed by atoms with Crippen molar-refractivity contribution < 1.29 is 9.53 Å². The minimum absolute atomic E-state index is 0.0261. The van der Waals surface area contributed by atoms with Gasteiger partial charge in [0.05, 0.1) is 11.3 Å². The third-order valence-electron chi connectivity index (χ3n) is 3.14. The van der Waals surface area contributed by atoms with Crippen LogP contribution in [0.3, 0.4) is 0 Å². The zero-order valence-electron chi connectivity index (χ0n) is 13.3. The van der Waals surface area contributed by atoms with Gasteiger partial charge in [0.1, 0.15) is 5.75 Å². The summed E-state index contributed by atoms with van der Waals surface area (Å²) in [5.74, 6) is 0.669. The van der Waals surface area contributed by atoms with Crippen molar-refractivity contribution in [1.29, 1.82) is 0 Å². The normalized spacial score (nSPS) is 10.4. The number of hydrogen-bond acceptors (Lipinski definition) is 3. The summed E-state index contributed by atoms with van der Waals surface area (Å²) in [6.45, 7) is 4.33. The first-order chi connectivity index (χ1) is 10.9. The number of aliphatic imine (C=N–C) groups is 1. The van der Waals surface area contributed by atoms with Crippen LogP contribution in [0.15, 0.2) is 53.5 Å². The molecular formula is C18H21N3O2. The summed E-state index contributed by atoms with van der Waals surface area (Å²) in [6.07, 6.45) is 1.00. The van der Waals surface area contributed by atoms with Crippen molar-refractivity contribution in [1.82, 2.24) is 0 Å². The number of carbonyl (C=O) groups is 1. The van der Waals surface area contributed by atoms with Gasteiger partial charge in [0.25, 0.3) is 0 Å². The molecule has 0 aliphatic carbocycles. The molecule has 0 saturated heterocycles. The fraction of sp³-hybridized carbons (Fsp3) is 0.222. The minimum Gasteiger partial charge on any atom is -0.423 e. The Bertz CT molecular complexity index is 685. The lowest BCUT2D eigenvalue weighted by Crippen LogP contribution is -2.21. The van der Waals surface area contributed by atoms with Crippen LogP contribution in [0, 0.1) is 5.92 Å². The third-order valence-corrected chi connectivity index (χ3v) is 3.14. The van der Waals surface area contributed by atoms with Gasteiger partial charge in [-0.2, -0.15) is 0 Å². The molecule has 0 aromatic heterocycles. The lowest BCUT2D eigenvalue weighted by atomic mass is 10.0. The van der Waals surface area contributed by atoms with Crippen LogP contribution in [-0.4, -0.2) is 11.9 Å². The molecule has 4 N–H and O–H groups in total. The molecule has 2 aromatic carbocycles. The summed E-state index contributed by atoms with van der Waals surface area (Å²) in [7, 11) is 0. The van der Waals surface area contributed by atoms with Crippen molar-refractivity contribution >= 4 is 17.6 Å². The van der Waals surface area contributed by atoms with E-state index in [1.165, 1.54) is 5.56 Å². The molecular weight excluding hydrogens is 290 g/mol. The maximum absolute atomic E-state index is 12.1. The molecule has 0 unspecified atom stereocenters. The Morgan fingerprint density at radius 2 is 1.65 bits per heavy atom. The van der Waals surface area contributed by atoms with E-state index in [9.17, 15) is 4.79 Å². The van der Waals surface area contributed by atoms with Crippen LogP contribution >= 0.6 is 0 Å². The quantitative estimate of drug-likeness (QED) is 0.384. The molecule has 0 fully saturated rings. The first-order valence-corrected chi connectivity index (χ1v) is 7.45. The molecule has 0 aliphatic heterocycles. The number of rotatable bonds is 5. The topological polar surface area (TPSA) is 90.7 Å². The van der Waals surface area contributed by atoms with E-state index in [1.807, 2.05) is 24.3 Å². The standard InChI is InChI=1S/C18H21N3O2/c1-12(2)11-13-3-9-16(10-4-13)23-17(22)14-5-7-15(8-6-14)21-18(19)20/h3-10,12H,11H2,1-2H3,(H4,19,20,21). The average molecular weight is 311 g/mol. The summed E-state index contributed by atoms with van der Waals surface area (Å²) in [4.78, 5) is 16.0. The predicted octanol–water partition coefficient (Wildman–Crippen LogP) is 3.01. The maximum atomic E-state index is 12.1. The van der Waals surface area contributed by atoms with Crippen molar-refractivity contribution in [3.05, 3.63) is 59.7 Å². The molecule has 0 heterocycles. The van der Waals surface area contributed by atoms with Gasteiger partial charge in [-0.1, -0.05) is 26.0 Å². The highest BCUT2D eigenvalue weighted by molar-refractivity contribution is 5.91. The molecule has 0 amide bonds. The summed E-state index contributed by atoms with van der Waals surface area (Å²) < 4.78 is 5.36. The van der Waals surface area contributed by atoms with E-state index in [-0.39, 0.29) is 5.96 Å². The monoisotopic (exact) mass is 311 g/mol. The van der Waals surface area contributed by atoms with Gasteiger partial charge in [-0.25, -0.2) is 9.79 Å². The van der Waals surface area contributed by atoms with Crippen LogP contribution in [0.1, 0.15) is 29.8 Å². The number of nitrogens with two attached hydrogens (primary N) is 2. The zero-order valence-corrected chi connectivity index (χ0v) is 13.3. The number of nitrogens with zero attached hydrogens (tertiary/aromatic N) is 1. The lowest BCUT2D eigenvalue weighted by Gasteiger charge is -2.07. The SMILES string of the molecule is CC(C)Cc1ccc(OC(=O)c2ccc(N=C(N)N)cc2)cc1. The second-order valence-electron chi connectivity index (χ2n) is 5.71. The number of ether oxygens (including phenoxy) is 1. The molecule has 23 heavy (non-hydrogen) atoms. The Labute approximate surface area is 136 Å². The lowest BCUT2D eigenvalue weighted by molar-refractivity contribution is 0.0735. The first-order valence-electron chi connectivity index (χ1n) is 7.45. The summed E-state index contributed by atoms with van der Waals surface area (Å²) >= 11 is 0. The molecule has 5 nitrogen and oxygen atoms in total. The Morgan fingerprint density at radius 1 is 1.04 bits per heavy atom. The largest absolute Gasteiger partial charge is 0.423 e. The summed E-state index contributed by atoms with van der Waals surface area (Å²) in [6, 6.07) is 14.1. The highest BCUT2D eigenvalue weighted by Gasteiger charge is 2.08. The Balaban J connectivity index is 2.02. The van der Waals surface area contributed by atoms with Gasteiger partial charge in [0, 0.05) is 0 Å². The molecule has 0 radical (unpaired) electrons. The van der Waals surface area contributed by atoms with Crippen molar-refractivity contribution in [2.24, 2.45) is 22.4 Å². The van der Waals surface area contributed by atoms with E-state index in [1.54, 1.807) is 24.3 Å². The van der Waals surface area contributed by atoms with Gasteiger partial charge in [0.15, 0.2) is 5.96 Å². The smallest absolute Gasteiger partial charge is 0.343 e. The maximum Gasteiger partial charge on any atom is 0.343 e. The molecule has 0 spiro atoms. The molecule has 0 aliphatic rings. The number of carbonyl (C=O) groups excluding carboxylic acids is 1. The fourth-order valence-corrected chi connectivity index (χ4v) is 2.15. The molecule has 0 bridgehead atoms. The molecule has 2 aromatic rings. The van der Waals surface area contributed by atoms with Gasteiger partial charge < -0.3 is 16.2 Å². The van der Waals surface area contributed by atoms with E-state index >= 15 is 0 Å². The predicted molar refractivity (Wildman–Crippen MR) is 91.9 cm³/mol. The van der Waals surface area contributed by atoms with Crippen LogP contribution in [0.25, 0.3) is 0 Å². The van der Waals surface area contributed by atoms with Crippen molar-refractivity contribution in [2.45, 2.75) is 20.3 Å². The van der Waals surface area contributed by atoms with E-state index in [0.29, 0.717) is 22.9 Å². The zero-order chi connectivity index (χ0) is 16.8. The minimum atomic E-state index is -0.419. The van der Waals surface area contributed by atoms with Gasteiger partial charge in [-0.05, 0) is 54.3 Å². The molecule has 2 rings (SSSR count). The Morgan fingerprint density at radius 3 is 2.17 bits per heavy atom. The van der Waals surface area contributed by atoms with E-state index < -0.39 is 5.97 Å². The van der Waals surface area contributed by atoms with E-state index in [2.05, 4.69) is 18.8 Å². The van der Waals surface area contributed by atoms with Gasteiger partial charge in [0.2, 0.25) is 0 Å². The van der Waals surface area contributed by atoms with Crippen molar-refractivity contribution in [3.63, 3.8) is 0 Å². The first kappa shape index (κ1) is 16.5. The van der Waals surface area contributed by atoms with Crippen LogP contribution in [0.5, 0.6) is 5.75 Å². The number of esters is 1. The summed E-state index contributed by atoms with van der Waals surface area (Å²) in [5.41, 5.74) is 12.8. The number of benzene rings is 2. The second kappa shape index (κ2) is 7.45. The van der Waals surface area contributed by atoms with E-state index in [0.717, 1.165) is 6.42 Å². The third kappa shape index (κ3) is 5.14. The number of hydrogen-bond donors (Lipinski definition) is 2. The molecule has 120 valence electrons. The van der Waals surface area contributed by atoms with Crippen molar-refractivity contribution in [2.75, 3.05) is 0 Å².